The largest absolute Gasteiger partial charge is 0.288 e. The van der Waals surface area contributed by atoms with E-state index in [0.717, 1.165) is 5.56 Å². The molecule has 3 heteroatoms. The second kappa shape index (κ2) is 5.98. The van der Waals surface area contributed by atoms with Gasteiger partial charge in [0.15, 0.2) is 0 Å². The van der Waals surface area contributed by atoms with Gasteiger partial charge >= 0.3 is 0 Å². The normalized spacial score (nSPS) is 10.9. The topological polar surface area (TPSA) is 41.1 Å². The number of hydrogen-bond donors (Lipinski definition) is 2. The van der Waals surface area contributed by atoms with Gasteiger partial charge in [0, 0.05) is 12.1 Å². The van der Waals surface area contributed by atoms with E-state index >= 15 is 0 Å². The summed E-state index contributed by atoms with van der Waals surface area (Å²) in [4.78, 5) is 11.3. The Balaban J connectivity index is 2.41. The fourth-order valence-corrected chi connectivity index (χ4v) is 0.993. The summed E-state index contributed by atoms with van der Waals surface area (Å²) in [5.74, 6) is -0.146. The van der Waals surface area contributed by atoms with Gasteiger partial charge in [-0.15, -0.1) is 0 Å². The molecule has 0 bridgehead atoms. The van der Waals surface area contributed by atoms with Gasteiger partial charge in [-0.1, -0.05) is 30.3 Å². The molecular formula is C12H16N2O. The molecule has 0 radical (unpaired) electrons. The van der Waals surface area contributed by atoms with Crippen molar-refractivity contribution >= 4 is 12.0 Å². The van der Waals surface area contributed by atoms with E-state index in [9.17, 15) is 4.79 Å². The van der Waals surface area contributed by atoms with Gasteiger partial charge in [-0.05, 0) is 25.5 Å². The highest BCUT2D eigenvalue weighted by molar-refractivity contribution is 5.91. The maximum Gasteiger partial charge on any atom is 0.258 e. The standard InChI is InChI=1S/C12H16N2O/c1-10(2)13-14-12(15)9-8-11-6-4-3-5-7-11/h3-10,13H,1-2H3,(H,14,15)/b9-8+. The van der Waals surface area contributed by atoms with E-state index in [2.05, 4.69) is 10.9 Å². The molecule has 0 aliphatic carbocycles. The lowest BCUT2D eigenvalue weighted by Crippen LogP contribution is -2.40. The van der Waals surface area contributed by atoms with Crippen molar-refractivity contribution in [2.75, 3.05) is 0 Å². The van der Waals surface area contributed by atoms with Crippen molar-refractivity contribution in [1.82, 2.24) is 10.9 Å². The fraction of sp³-hybridized carbons (Fsp3) is 0.250. The van der Waals surface area contributed by atoms with Crippen LogP contribution >= 0.6 is 0 Å². The Labute approximate surface area is 90.2 Å². The molecule has 0 heterocycles. The lowest BCUT2D eigenvalue weighted by Gasteiger charge is -2.07. The third-order valence-corrected chi connectivity index (χ3v) is 1.71. The van der Waals surface area contributed by atoms with E-state index in [4.69, 9.17) is 0 Å². The van der Waals surface area contributed by atoms with E-state index in [-0.39, 0.29) is 11.9 Å². The van der Waals surface area contributed by atoms with Crippen LogP contribution in [0.3, 0.4) is 0 Å². The average molecular weight is 204 g/mol. The number of carbonyl (C=O) groups excluding carboxylic acids is 1. The minimum Gasteiger partial charge on any atom is -0.288 e. The molecule has 15 heavy (non-hydrogen) atoms. The van der Waals surface area contributed by atoms with Gasteiger partial charge in [-0.25, -0.2) is 5.43 Å². The summed E-state index contributed by atoms with van der Waals surface area (Å²) in [6, 6.07) is 9.93. The van der Waals surface area contributed by atoms with Crippen LogP contribution in [0.4, 0.5) is 0 Å². The highest BCUT2D eigenvalue weighted by atomic mass is 16.2. The zero-order valence-corrected chi connectivity index (χ0v) is 9.03. The van der Waals surface area contributed by atoms with E-state index in [1.165, 1.54) is 6.08 Å². The maximum atomic E-state index is 11.3. The summed E-state index contributed by atoms with van der Waals surface area (Å²) < 4.78 is 0. The molecule has 1 amide bonds. The molecule has 2 N–H and O–H groups in total. The van der Waals surface area contributed by atoms with Gasteiger partial charge in [0.25, 0.3) is 5.91 Å². The average Bonchev–Trinajstić information content (AvgIpc) is 2.25. The Morgan fingerprint density at radius 2 is 1.93 bits per heavy atom. The number of carbonyl (C=O) groups is 1. The molecule has 0 atom stereocenters. The number of nitrogens with one attached hydrogen (secondary N) is 2. The fourth-order valence-electron chi connectivity index (χ4n) is 0.993. The summed E-state index contributed by atoms with van der Waals surface area (Å²) in [6.45, 7) is 3.92. The van der Waals surface area contributed by atoms with Crippen LogP contribution in [0.5, 0.6) is 0 Å². The highest BCUT2D eigenvalue weighted by Crippen LogP contribution is 2.00. The summed E-state index contributed by atoms with van der Waals surface area (Å²) in [7, 11) is 0. The lowest BCUT2D eigenvalue weighted by atomic mass is 10.2. The van der Waals surface area contributed by atoms with Crippen LogP contribution in [0.25, 0.3) is 6.08 Å². The zero-order chi connectivity index (χ0) is 11.1. The quantitative estimate of drug-likeness (QED) is 0.579. The van der Waals surface area contributed by atoms with E-state index in [0.29, 0.717) is 0 Å². The molecule has 0 aromatic heterocycles. The number of rotatable bonds is 4. The molecule has 1 rings (SSSR count). The molecule has 0 spiro atoms. The third-order valence-electron chi connectivity index (χ3n) is 1.71. The van der Waals surface area contributed by atoms with Gasteiger partial charge < -0.3 is 0 Å². The Morgan fingerprint density at radius 1 is 1.27 bits per heavy atom. The number of hydrazine groups is 1. The minimum absolute atomic E-state index is 0.146. The molecule has 80 valence electrons. The first-order valence-corrected chi connectivity index (χ1v) is 4.97. The third kappa shape index (κ3) is 4.98. The molecule has 3 nitrogen and oxygen atoms in total. The first-order chi connectivity index (χ1) is 7.18. The molecule has 1 aromatic carbocycles. The van der Waals surface area contributed by atoms with Crippen LogP contribution in [0.15, 0.2) is 36.4 Å². The summed E-state index contributed by atoms with van der Waals surface area (Å²) in [5, 5.41) is 0. The van der Waals surface area contributed by atoms with Gasteiger partial charge in [-0.2, -0.15) is 0 Å². The van der Waals surface area contributed by atoms with Crippen molar-refractivity contribution in [3.8, 4) is 0 Å². The predicted molar refractivity (Wildman–Crippen MR) is 61.9 cm³/mol. The number of benzene rings is 1. The van der Waals surface area contributed by atoms with Crippen LogP contribution in [0.1, 0.15) is 19.4 Å². The highest BCUT2D eigenvalue weighted by Gasteiger charge is 1.95. The molecule has 0 aliphatic rings. The second-order valence-electron chi connectivity index (χ2n) is 3.53. The molecule has 0 saturated carbocycles. The number of hydrogen-bond acceptors (Lipinski definition) is 2. The summed E-state index contributed by atoms with van der Waals surface area (Å²) >= 11 is 0. The van der Waals surface area contributed by atoms with Crippen molar-refractivity contribution in [3.63, 3.8) is 0 Å². The Hall–Kier alpha value is -1.61. The Bertz CT molecular complexity index is 331. The Morgan fingerprint density at radius 3 is 2.53 bits per heavy atom. The molecular weight excluding hydrogens is 188 g/mol. The molecule has 0 fully saturated rings. The summed E-state index contributed by atoms with van der Waals surface area (Å²) in [6.07, 6.45) is 3.28. The van der Waals surface area contributed by atoms with Gasteiger partial charge in [0.1, 0.15) is 0 Å². The van der Waals surface area contributed by atoms with Gasteiger partial charge in [-0.3, -0.25) is 10.2 Å². The molecule has 1 aromatic rings. The first-order valence-electron chi connectivity index (χ1n) is 4.97. The second-order valence-corrected chi connectivity index (χ2v) is 3.53. The predicted octanol–water partition coefficient (Wildman–Crippen LogP) is 1.73. The van der Waals surface area contributed by atoms with Gasteiger partial charge in [0.05, 0.1) is 0 Å². The number of amides is 1. The van der Waals surface area contributed by atoms with Crippen molar-refractivity contribution < 1.29 is 4.79 Å². The SMILES string of the molecule is CC(C)NNC(=O)/C=C/c1ccccc1. The van der Waals surface area contributed by atoms with Crippen LogP contribution in [0, 0.1) is 0 Å². The van der Waals surface area contributed by atoms with Crippen LogP contribution in [0.2, 0.25) is 0 Å². The lowest BCUT2D eigenvalue weighted by molar-refractivity contribution is -0.117. The van der Waals surface area contributed by atoms with E-state index in [1.807, 2.05) is 44.2 Å². The molecule has 0 aliphatic heterocycles. The molecule has 0 saturated heterocycles. The van der Waals surface area contributed by atoms with E-state index < -0.39 is 0 Å². The molecule has 0 unspecified atom stereocenters. The Kier molecular flexibility index (Phi) is 4.57. The van der Waals surface area contributed by atoms with Gasteiger partial charge in [0.2, 0.25) is 0 Å². The summed E-state index contributed by atoms with van der Waals surface area (Å²) in [5.41, 5.74) is 6.42. The maximum absolute atomic E-state index is 11.3. The van der Waals surface area contributed by atoms with Crippen molar-refractivity contribution in [2.24, 2.45) is 0 Å². The van der Waals surface area contributed by atoms with Crippen LogP contribution in [-0.4, -0.2) is 11.9 Å². The van der Waals surface area contributed by atoms with Crippen molar-refractivity contribution in [3.05, 3.63) is 42.0 Å². The minimum atomic E-state index is -0.146. The zero-order valence-electron chi connectivity index (χ0n) is 9.03. The smallest absolute Gasteiger partial charge is 0.258 e. The van der Waals surface area contributed by atoms with Crippen LogP contribution < -0.4 is 10.9 Å². The van der Waals surface area contributed by atoms with Crippen molar-refractivity contribution in [2.45, 2.75) is 19.9 Å². The van der Waals surface area contributed by atoms with E-state index in [1.54, 1.807) is 6.08 Å². The van der Waals surface area contributed by atoms with Crippen LogP contribution in [-0.2, 0) is 4.79 Å². The first kappa shape index (κ1) is 11.5. The monoisotopic (exact) mass is 204 g/mol. The van der Waals surface area contributed by atoms with Crippen molar-refractivity contribution in [1.29, 1.82) is 0 Å².